The molecule has 2 aromatic carbocycles. The molecule has 0 amide bonds. The molecule has 156 valence electrons. The summed E-state index contributed by atoms with van der Waals surface area (Å²) in [5.41, 5.74) is 1.27. The summed E-state index contributed by atoms with van der Waals surface area (Å²) < 4.78 is 38.1. The Morgan fingerprint density at radius 3 is 2.66 bits per heavy atom. The van der Waals surface area contributed by atoms with Gasteiger partial charge in [0.1, 0.15) is 5.75 Å². The third-order valence-electron chi connectivity index (χ3n) is 4.59. The van der Waals surface area contributed by atoms with Gasteiger partial charge in [-0.15, -0.1) is 0 Å². The molecule has 0 bridgehead atoms. The number of aliphatic hydroxyl groups excluding tert-OH is 1. The molecule has 1 heterocycles. The van der Waals surface area contributed by atoms with Gasteiger partial charge in [0.15, 0.2) is 6.10 Å². The summed E-state index contributed by atoms with van der Waals surface area (Å²) >= 11 is 5.80. The third kappa shape index (κ3) is 4.90. The molecule has 3 rings (SSSR count). The number of benzene rings is 2. The van der Waals surface area contributed by atoms with Gasteiger partial charge in [0.25, 0.3) is 0 Å². The van der Waals surface area contributed by atoms with Crippen molar-refractivity contribution in [1.82, 2.24) is 4.72 Å². The maximum Gasteiger partial charge on any atom is 0.347 e. The Kier molecular flexibility index (Phi) is 6.48. The molecule has 2 N–H and O–H groups in total. The molecule has 29 heavy (non-hydrogen) atoms. The van der Waals surface area contributed by atoms with Crippen molar-refractivity contribution in [2.45, 2.75) is 43.4 Å². The molecule has 0 aromatic heterocycles. The van der Waals surface area contributed by atoms with Crippen LogP contribution in [0.4, 0.5) is 0 Å². The summed E-state index contributed by atoms with van der Waals surface area (Å²) in [6.07, 6.45) is -1.47. The summed E-state index contributed by atoms with van der Waals surface area (Å²) in [7, 11) is -3.82. The van der Waals surface area contributed by atoms with Gasteiger partial charge in [-0.05, 0) is 61.4 Å². The summed E-state index contributed by atoms with van der Waals surface area (Å²) in [5, 5.41) is 11.1. The molecule has 9 heteroatoms. The van der Waals surface area contributed by atoms with Crippen LogP contribution in [0.25, 0.3) is 0 Å². The molecule has 0 fully saturated rings. The maximum atomic E-state index is 12.5. The second-order valence-corrected chi connectivity index (χ2v) is 8.89. The fourth-order valence-corrected chi connectivity index (χ4v) is 4.47. The highest BCUT2D eigenvalue weighted by atomic mass is 35.5. The number of aliphatic hydroxyl groups is 1. The van der Waals surface area contributed by atoms with Gasteiger partial charge < -0.3 is 14.6 Å². The largest absolute Gasteiger partial charge is 0.478 e. The number of fused-ring (bicyclic) bond motifs is 1. The molecule has 0 saturated carbocycles. The molecule has 3 atom stereocenters. The Morgan fingerprint density at radius 2 is 2.00 bits per heavy atom. The van der Waals surface area contributed by atoms with Crippen LogP contribution in [-0.2, 0) is 26.0 Å². The fraction of sp³-hybridized carbons (Fsp3) is 0.350. The molecule has 0 radical (unpaired) electrons. The minimum absolute atomic E-state index is 0.0561. The quantitative estimate of drug-likeness (QED) is 0.643. The van der Waals surface area contributed by atoms with Crippen molar-refractivity contribution >= 4 is 27.6 Å². The normalized spacial score (nSPS) is 17.9. The molecule has 2 aromatic rings. The van der Waals surface area contributed by atoms with E-state index >= 15 is 0 Å². The first-order valence-electron chi connectivity index (χ1n) is 9.13. The van der Waals surface area contributed by atoms with E-state index in [1.54, 1.807) is 32.0 Å². The van der Waals surface area contributed by atoms with Crippen molar-refractivity contribution in [2.24, 2.45) is 0 Å². The first kappa shape index (κ1) is 21.6. The van der Waals surface area contributed by atoms with E-state index in [0.29, 0.717) is 22.8 Å². The number of hydrogen-bond acceptors (Lipinski definition) is 6. The summed E-state index contributed by atoms with van der Waals surface area (Å²) in [6, 6.07) is 9.98. The molecule has 0 aliphatic carbocycles. The lowest BCUT2D eigenvalue weighted by atomic mass is 10.00. The number of rotatable bonds is 7. The predicted molar refractivity (Wildman–Crippen MR) is 107 cm³/mol. The molecular weight excluding hydrogens is 418 g/mol. The predicted octanol–water partition coefficient (Wildman–Crippen LogP) is 2.61. The average molecular weight is 440 g/mol. The van der Waals surface area contributed by atoms with Gasteiger partial charge >= 0.3 is 5.97 Å². The molecule has 7 nitrogen and oxygen atoms in total. The van der Waals surface area contributed by atoms with Gasteiger partial charge in [-0.2, -0.15) is 0 Å². The Morgan fingerprint density at radius 1 is 1.31 bits per heavy atom. The molecular formula is C20H22ClNO6S. The zero-order valence-corrected chi connectivity index (χ0v) is 17.5. The fourth-order valence-electron chi connectivity index (χ4n) is 3.10. The SMILES string of the molecule is CCOC(=O)C1Cc2cc(C(O)C(C)NS(=O)(=O)c3ccc(Cl)cc3)ccc2O1. The monoisotopic (exact) mass is 439 g/mol. The van der Waals surface area contributed by atoms with E-state index in [-0.39, 0.29) is 11.5 Å². The van der Waals surface area contributed by atoms with Gasteiger partial charge in [-0.1, -0.05) is 17.7 Å². The van der Waals surface area contributed by atoms with E-state index in [1.165, 1.54) is 24.3 Å². The van der Waals surface area contributed by atoms with E-state index in [0.717, 1.165) is 5.56 Å². The van der Waals surface area contributed by atoms with Gasteiger partial charge in [0.2, 0.25) is 10.0 Å². The van der Waals surface area contributed by atoms with E-state index in [9.17, 15) is 18.3 Å². The Labute approximate surface area is 174 Å². The highest BCUT2D eigenvalue weighted by Crippen LogP contribution is 2.32. The molecule has 0 saturated heterocycles. The van der Waals surface area contributed by atoms with E-state index in [1.807, 2.05) is 0 Å². The van der Waals surface area contributed by atoms with Crippen LogP contribution in [0.1, 0.15) is 31.1 Å². The number of hydrogen-bond donors (Lipinski definition) is 2. The van der Waals surface area contributed by atoms with Crippen LogP contribution in [0.2, 0.25) is 5.02 Å². The Bertz CT molecular complexity index is 993. The number of sulfonamides is 1. The first-order chi connectivity index (χ1) is 13.7. The molecule has 3 unspecified atom stereocenters. The third-order valence-corrected chi connectivity index (χ3v) is 6.42. The van der Waals surface area contributed by atoms with Crippen LogP contribution >= 0.6 is 11.6 Å². The Balaban J connectivity index is 1.71. The van der Waals surface area contributed by atoms with Crippen LogP contribution in [0.3, 0.4) is 0 Å². The molecule has 1 aliphatic heterocycles. The van der Waals surface area contributed by atoms with Crippen molar-refractivity contribution in [3.63, 3.8) is 0 Å². The van der Waals surface area contributed by atoms with Crippen LogP contribution in [0, 0.1) is 0 Å². The van der Waals surface area contributed by atoms with Gasteiger partial charge in [-0.25, -0.2) is 17.9 Å². The lowest BCUT2D eigenvalue weighted by molar-refractivity contribution is -0.150. The minimum Gasteiger partial charge on any atom is -0.478 e. The van der Waals surface area contributed by atoms with Crippen molar-refractivity contribution in [2.75, 3.05) is 6.61 Å². The second kappa shape index (κ2) is 8.71. The highest BCUT2D eigenvalue weighted by molar-refractivity contribution is 7.89. The zero-order chi connectivity index (χ0) is 21.2. The lowest BCUT2D eigenvalue weighted by Gasteiger charge is -2.21. The van der Waals surface area contributed by atoms with Crippen molar-refractivity contribution < 1.29 is 27.8 Å². The Hall–Kier alpha value is -2.13. The van der Waals surface area contributed by atoms with Crippen LogP contribution in [0.5, 0.6) is 5.75 Å². The molecule has 0 spiro atoms. The number of ether oxygens (including phenoxy) is 2. The average Bonchev–Trinajstić information content (AvgIpc) is 3.11. The van der Waals surface area contributed by atoms with Crippen LogP contribution in [-0.4, -0.2) is 38.2 Å². The summed E-state index contributed by atoms with van der Waals surface area (Å²) in [4.78, 5) is 11.9. The standard InChI is InChI=1S/C20H22ClNO6S/c1-3-27-20(24)18-11-14-10-13(4-9-17(14)28-18)19(23)12(2)22-29(25,26)16-7-5-15(21)6-8-16/h4-10,12,18-19,22-23H,3,11H2,1-2H3. The van der Waals surface area contributed by atoms with E-state index in [2.05, 4.69) is 4.72 Å². The van der Waals surface area contributed by atoms with Gasteiger partial charge in [-0.3, -0.25) is 0 Å². The van der Waals surface area contributed by atoms with Gasteiger partial charge in [0, 0.05) is 17.5 Å². The highest BCUT2D eigenvalue weighted by Gasteiger charge is 2.31. The number of esters is 1. The number of carbonyl (C=O) groups is 1. The maximum absolute atomic E-state index is 12.5. The number of halogens is 1. The van der Waals surface area contributed by atoms with Crippen molar-refractivity contribution in [3.8, 4) is 5.75 Å². The summed E-state index contributed by atoms with van der Waals surface area (Å²) in [6.45, 7) is 3.56. The topological polar surface area (TPSA) is 102 Å². The summed E-state index contributed by atoms with van der Waals surface area (Å²) in [5.74, 6) is 0.114. The smallest absolute Gasteiger partial charge is 0.347 e. The van der Waals surface area contributed by atoms with Crippen LogP contribution in [0.15, 0.2) is 47.4 Å². The van der Waals surface area contributed by atoms with Crippen LogP contribution < -0.4 is 9.46 Å². The van der Waals surface area contributed by atoms with E-state index in [4.69, 9.17) is 21.1 Å². The number of nitrogens with one attached hydrogen (secondary N) is 1. The zero-order valence-electron chi connectivity index (χ0n) is 16.0. The first-order valence-corrected chi connectivity index (χ1v) is 11.0. The van der Waals surface area contributed by atoms with Crippen molar-refractivity contribution in [3.05, 3.63) is 58.6 Å². The lowest BCUT2D eigenvalue weighted by Crippen LogP contribution is -2.37. The van der Waals surface area contributed by atoms with E-state index < -0.39 is 34.2 Å². The number of carbonyl (C=O) groups excluding carboxylic acids is 1. The minimum atomic E-state index is -3.82. The second-order valence-electron chi connectivity index (χ2n) is 6.74. The molecule has 1 aliphatic rings. The van der Waals surface area contributed by atoms with Gasteiger partial charge in [0.05, 0.1) is 17.6 Å². The van der Waals surface area contributed by atoms with Crippen molar-refractivity contribution in [1.29, 1.82) is 0 Å².